The van der Waals surface area contributed by atoms with Gasteiger partial charge >= 0.3 is 0 Å². The molecule has 1 N–H and O–H groups in total. The van der Waals surface area contributed by atoms with Gasteiger partial charge in [-0.05, 0) is 12.0 Å². The molecule has 1 rings (SSSR count). The lowest BCUT2D eigenvalue weighted by molar-refractivity contribution is 0.0407. The fourth-order valence-corrected chi connectivity index (χ4v) is 3.18. The van der Waals surface area contributed by atoms with Crippen molar-refractivity contribution in [3.8, 4) is 0 Å². The first-order valence-corrected chi connectivity index (χ1v) is 7.98. The standard InChI is InChI=1S/C12H17F5OS/c1-2-3-9-12(18,10-19(13,14,15,16)17)11-7-5-4-6-8-11/h4-8,18H,2-3,9-10H2,1H3. The maximum absolute atomic E-state index is 12.7. The Morgan fingerprint density at radius 1 is 1.05 bits per heavy atom. The highest BCUT2D eigenvalue weighted by molar-refractivity contribution is 8.45. The van der Waals surface area contributed by atoms with Crippen molar-refractivity contribution in [2.45, 2.75) is 31.8 Å². The summed E-state index contributed by atoms with van der Waals surface area (Å²) in [6, 6.07) is 6.84. The lowest BCUT2D eigenvalue weighted by atomic mass is 9.90. The van der Waals surface area contributed by atoms with Gasteiger partial charge in [0.25, 0.3) is 10.2 Å². The van der Waals surface area contributed by atoms with Crippen molar-refractivity contribution < 1.29 is 24.5 Å². The Hall–Kier alpha value is -0.820. The Morgan fingerprint density at radius 2 is 1.58 bits per heavy atom. The third-order valence-corrected chi connectivity index (χ3v) is 3.79. The van der Waals surface area contributed by atoms with Crippen LogP contribution in [-0.4, -0.2) is 10.9 Å². The van der Waals surface area contributed by atoms with E-state index in [1.54, 1.807) is 13.0 Å². The normalized spacial score (nSPS) is 19.3. The number of hydrogen-bond acceptors (Lipinski definition) is 1. The van der Waals surface area contributed by atoms with Crippen LogP contribution in [0.4, 0.5) is 19.4 Å². The molecule has 1 aromatic carbocycles. The summed E-state index contributed by atoms with van der Waals surface area (Å²) in [5.74, 6) is -2.48. The second-order valence-electron chi connectivity index (χ2n) is 4.77. The van der Waals surface area contributed by atoms with E-state index in [9.17, 15) is 24.5 Å². The first kappa shape index (κ1) is 16.2. The number of hydrogen-bond donors (Lipinski definition) is 1. The third-order valence-electron chi connectivity index (χ3n) is 2.77. The predicted molar refractivity (Wildman–Crippen MR) is 67.9 cm³/mol. The summed E-state index contributed by atoms with van der Waals surface area (Å²) in [6.07, 6.45) is 0.397. The zero-order valence-electron chi connectivity index (χ0n) is 10.5. The van der Waals surface area contributed by atoms with Crippen molar-refractivity contribution in [2.75, 3.05) is 5.75 Å². The quantitative estimate of drug-likeness (QED) is 0.701. The largest absolute Gasteiger partial charge is 0.384 e. The molecule has 0 spiro atoms. The average Bonchev–Trinajstić information content (AvgIpc) is 2.23. The van der Waals surface area contributed by atoms with Gasteiger partial charge in [0.05, 0.1) is 0 Å². The summed E-state index contributed by atoms with van der Waals surface area (Å²) >= 11 is 0. The molecule has 7 heteroatoms. The molecule has 0 saturated heterocycles. The van der Waals surface area contributed by atoms with Crippen LogP contribution in [0.2, 0.25) is 0 Å². The molecule has 19 heavy (non-hydrogen) atoms. The Morgan fingerprint density at radius 3 is 2.00 bits per heavy atom. The van der Waals surface area contributed by atoms with Gasteiger partial charge in [-0.3, -0.25) is 0 Å². The van der Waals surface area contributed by atoms with Crippen LogP contribution in [0.1, 0.15) is 31.7 Å². The van der Waals surface area contributed by atoms with E-state index in [0.717, 1.165) is 0 Å². The molecule has 0 bridgehead atoms. The van der Waals surface area contributed by atoms with Gasteiger partial charge in [0.2, 0.25) is 0 Å². The highest BCUT2D eigenvalue weighted by atomic mass is 32.5. The van der Waals surface area contributed by atoms with Crippen molar-refractivity contribution in [2.24, 2.45) is 0 Å². The number of halogens is 5. The molecule has 112 valence electrons. The Kier molecular flexibility index (Phi) is 3.71. The lowest BCUT2D eigenvalue weighted by Crippen LogP contribution is -2.36. The molecule has 1 unspecified atom stereocenters. The van der Waals surface area contributed by atoms with Gasteiger partial charge in [-0.15, -0.1) is 0 Å². The van der Waals surface area contributed by atoms with E-state index < -0.39 is 21.6 Å². The zero-order valence-corrected chi connectivity index (χ0v) is 11.3. The van der Waals surface area contributed by atoms with Crippen molar-refractivity contribution in [1.82, 2.24) is 0 Å². The summed E-state index contributed by atoms with van der Waals surface area (Å²) in [6.45, 7) is 1.71. The number of benzene rings is 1. The van der Waals surface area contributed by atoms with Gasteiger partial charge < -0.3 is 5.11 Å². The Labute approximate surface area is 109 Å². The number of rotatable bonds is 6. The van der Waals surface area contributed by atoms with Gasteiger partial charge in [-0.2, -0.15) is 0 Å². The van der Waals surface area contributed by atoms with E-state index in [4.69, 9.17) is 0 Å². The van der Waals surface area contributed by atoms with Crippen LogP contribution in [-0.2, 0) is 5.60 Å². The first-order valence-electron chi connectivity index (χ1n) is 5.86. The van der Waals surface area contributed by atoms with Crippen LogP contribution in [0, 0.1) is 0 Å². The van der Waals surface area contributed by atoms with Gasteiger partial charge in [-0.25, -0.2) is 0 Å². The summed E-state index contributed by atoms with van der Waals surface area (Å²) in [4.78, 5) is 0. The Balaban J connectivity index is 3.16. The van der Waals surface area contributed by atoms with Crippen LogP contribution in [0.15, 0.2) is 30.3 Å². The average molecular weight is 304 g/mol. The van der Waals surface area contributed by atoms with E-state index >= 15 is 0 Å². The summed E-state index contributed by atoms with van der Waals surface area (Å²) < 4.78 is 63.3. The van der Waals surface area contributed by atoms with Gasteiger partial charge in [0.15, 0.2) is 0 Å². The van der Waals surface area contributed by atoms with Crippen LogP contribution in [0.5, 0.6) is 0 Å². The van der Waals surface area contributed by atoms with Crippen LogP contribution < -0.4 is 0 Å². The second-order valence-corrected chi connectivity index (χ2v) is 7.32. The highest BCUT2D eigenvalue weighted by Gasteiger charge is 2.67. The van der Waals surface area contributed by atoms with Gasteiger partial charge in [0.1, 0.15) is 11.4 Å². The molecule has 0 saturated carbocycles. The molecule has 0 radical (unpaired) electrons. The second kappa shape index (κ2) is 4.34. The molecule has 0 aliphatic rings. The first-order chi connectivity index (χ1) is 8.35. The van der Waals surface area contributed by atoms with Crippen molar-refractivity contribution in [1.29, 1.82) is 0 Å². The van der Waals surface area contributed by atoms with Gasteiger partial charge in [0, 0.05) is 0 Å². The molecule has 0 heterocycles. The number of aliphatic hydroxyl groups is 1. The van der Waals surface area contributed by atoms with Crippen molar-refractivity contribution in [3.05, 3.63) is 35.9 Å². The SMILES string of the molecule is CCCCC(O)(CS(F)(F)(F)(F)F)c1ccccc1. The highest BCUT2D eigenvalue weighted by Crippen LogP contribution is 2.98. The van der Waals surface area contributed by atoms with Crippen LogP contribution in [0.3, 0.4) is 0 Å². The van der Waals surface area contributed by atoms with Crippen LogP contribution >= 0.6 is 10.2 Å². The fraction of sp³-hybridized carbons (Fsp3) is 0.500. The monoisotopic (exact) mass is 304 g/mol. The molecule has 0 amide bonds. The molecular formula is C12H17F5OS. The molecule has 1 nitrogen and oxygen atoms in total. The van der Waals surface area contributed by atoms with Crippen molar-refractivity contribution in [3.63, 3.8) is 0 Å². The van der Waals surface area contributed by atoms with E-state index in [1.165, 1.54) is 24.3 Å². The minimum atomic E-state index is -9.68. The third kappa shape index (κ3) is 5.78. The molecule has 1 aromatic rings. The molecule has 0 aliphatic heterocycles. The minimum absolute atomic E-state index is 0.128. The smallest absolute Gasteiger partial charge is 0.288 e. The minimum Gasteiger partial charge on any atom is -0.384 e. The number of unbranched alkanes of at least 4 members (excludes halogenated alkanes) is 1. The maximum atomic E-state index is 12.7. The molecule has 0 aromatic heterocycles. The van der Waals surface area contributed by atoms with E-state index in [-0.39, 0.29) is 18.4 Å². The predicted octanol–water partition coefficient (Wildman–Crippen LogP) is 5.36. The van der Waals surface area contributed by atoms with E-state index in [0.29, 0.717) is 6.42 Å². The molecule has 0 fully saturated rings. The van der Waals surface area contributed by atoms with Crippen LogP contribution in [0.25, 0.3) is 0 Å². The molecule has 0 aliphatic carbocycles. The summed E-state index contributed by atoms with van der Waals surface area (Å²) in [5, 5.41) is 10.1. The van der Waals surface area contributed by atoms with Crippen molar-refractivity contribution >= 4 is 10.2 Å². The van der Waals surface area contributed by atoms with Gasteiger partial charge in [-0.1, -0.05) is 69.5 Å². The topological polar surface area (TPSA) is 20.2 Å². The summed E-state index contributed by atoms with van der Waals surface area (Å²) in [5.41, 5.74) is -2.70. The Bertz CT molecular complexity index is 430. The summed E-state index contributed by atoms with van der Waals surface area (Å²) in [7, 11) is -9.68. The fourth-order valence-electron chi connectivity index (χ4n) is 1.97. The molecular weight excluding hydrogens is 287 g/mol. The maximum Gasteiger partial charge on any atom is 0.288 e. The zero-order chi connectivity index (χ0) is 14.8. The molecule has 1 atom stereocenters. The van der Waals surface area contributed by atoms with E-state index in [1.807, 2.05) is 0 Å². The lowest BCUT2D eigenvalue weighted by Gasteiger charge is -2.46. The van der Waals surface area contributed by atoms with E-state index in [2.05, 4.69) is 0 Å².